The van der Waals surface area contributed by atoms with Crippen molar-refractivity contribution in [3.05, 3.63) is 64.7 Å². The minimum atomic E-state index is 0.254. The van der Waals surface area contributed by atoms with E-state index in [2.05, 4.69) is 47.1 Å². The largest absolute Gasteiger partial charge is 0.340 e. The summed E-state index contributed by atoms with van der Waals surface area (Å²) in [5.74, 6) is 0.254. The van der Waals surface area contributed by atoms with Crippen LogP contribution in [0.25, 0.3) is 10.2 Å². The third-order valence-corrected chi connectivity index (χ3v) is 6.37. The van der Waals surface area contributed by atoms with E-state index in [0.29, 0.717) is 6.42 Å². The van der Waals surface area contributed by atoms with Crippen molar-refractivity contribution in [2.45, 2.75) is 26.3 Å². The lowest BCUT2D eigenvalue weighted by atomic mass is 10.1. The van der Waals surface area contributed by atoms with Gasteiger partial charge in [0.15, 0.2) is 0 Å². The van der Waals surface area contributed by atoms with Crippen molar-refractivity contribution in [1.82, 2.24) is 14.8 Å². The van der Waals surface area contributed by atoms with Gasteiger partial charge in [-0.3, -0.25) is 9.69 Å². The summed E-state index contributed by atoms with van der Waals surface area (Å²) in [4.78, 5) is 21.7. The SMILES string of the molecule is Cc1ccccc1CN1CCN(C(=O)CCc2nc3ccccc3s2)CC1. The average molecular weight is 380 g/mol. The van der Waals surface area contributed by atoms with Crippen LogP contribution in [0.4, 0.5) is 0 Å². The van der Waals surface area contributed by atoms with Gasteiger partial charge < -0.3 is 4.90 Å². The van der Waals surface area contributed by atoms with Crippen LogP contribution in [0.5, 0.6) is 0 Å². The van der Waals surface area contributed by atoms with Gasteiger partial charge in [0, 0.05) is 45.6 Å². The number of benzene rings is 2. The molecule has 0 bridgehead atoms. The van der Waals surface area contributed by atoms with Crippen molar-refractivity contribution in [3.8, 4) is 0 Å². The summed E-state index contributed by atoms with van der Waals surface area (Å²) in [6.45, 7) is 6.68. The van der Waals surface area contributed by atoms with Crippen LogP contribution in [0.1, 0.15) is 22.6 Å². The molecule has 0 spiro atoms. The highest BCUT2D eigenvalue weighted by atomic mass is 32.1. The van der Waals surface area contributed by atoms with E-state index >= 15 is 0 Å². The van der Waals surface area contributed by atoms with Crippen LogP contribution in [-0.2, 0) is 17.8 Å². The predicted octanol–water partition coefficient (Wildman–Crippen LogP) is 3.88. The molecule has 1 saturated heterocycles. The Balaban J connectivity index is 1.26. The smallest absolute Gasteiger partial charge is 0.223 e. The number of para-hydroxylation sites is 1. The number of fused-ring (bicyclic) bond motifs is 1. The van der Waals surface area contributed by atoms with E-state index in [0.717, 1.165) is 49.7 Å². The Morgan fingerprint density at radius 3 is 2.56 bits per heavy atom. The number of piperazine rings is 1. The molecule has 0 saturated carbocycles. The maximum atomic E-state index is 12.6. The fraction of sp³-hybridized carbons (Fsp3) is 0.364. The normalized spacial score (nSPS) is 15.4. The number of amides is 1. The third kappa shape index (κ3) is 4.37. The average Bonchev–Trinajstić information content (AvgIpc) is 3.11. The molecular formula is C22H25N3OS. The minimum Gasteiger partial charge on any atom is -0.340 e. The van der Waals surface area contributed by atoms with Crippen LogP contribution in [0.15, 0.2) is 48.5 Å². The molecule has 27 heavy (non-hydrogen) atoms. The highest BCUT2D eigenvalue weighted by Crippen LogP contribution is 2.22. The van der Waals surface area contributed by atoms with Gasteiger partial charge in [0.1, 0.15) is 0 Å². The van der Waals surface area contributed by atoms with Gasteiger partial charge in [-0.1, -0.05) is 36.4 Å². The van der Waals surface area contributed by atoms with Crippen molar-refractivity contribution in [2.75, 3.05) is 26.2 Å². The first-order chi connectivity index (χ1) is 13.2. The van der Waals surface area contributed by atoms with Crippen LogP contribution in [0.3, 0.4) is 0 Å². The number of nitrogens with zero attached hydrogens (tertiary/aromatic N) is 3. The minimum absolute atomic E-state index is 0.254. The number of thiazole rings is 1. The standard InChI is InChI=1S/C22H25N3OS/c1-17-6-2-3-7-18(17)16-24-12-14-25(15-13-24)22(26)11-10-21-23-19-8-4-5-9-20(19)27-21/h2-9H,10-16H2,1H3. The van der Waals surface area contributed by atoms with Crippen LogP contribution in [0.2, 0.25) is 0 Å². The maximum Gasteiger partial charge on any atom is 0.223 e. The molecule has 2 aromatic carbocycles. The molecule has 1 aliphatic heterocycles. The van der Waals surface area contributed by atoms with Crippen molar-refractivity contribution in [1.29, 1.82) is 0 Å². The Labute approximate surface area is 164 Å². The first-order valence-corrected chi connectivity index (χ1v) is 10.4. The number of aryl methyl sites for hydroxylation is 2. The fourth-order valence-corrected chi connectivity index (χ4v) is 4.55. The molecule has 1 fully saturated rings. The van der Waals surface area contributed by atoms with Crippen molar-refractivity contribution in [3.63, 3.8) is 0 Å². The summed E-state index contributed by atoms with van der Waals surface area (Å²) in [7, 11) is 0. The number of carbonyl (C=O) groups excluding carboxylic acids is 1. The van der Waals surface area contributed by atoms with Gasteiger partial charge in [-0.25, -0.2) is 4.98 Å². The lowest BCUT2D eigenvalue weighted by molar-refractivity contribution is -0.133. The Bertz CT molecular complexity index is 895. The van der Waals surface area contributed by atoms with Gasteiger partial charge in [0.25, 0.3) is 0 Å². The third-order valence-electron chi connectivity index (χ3n) is 5.27. The second kappa shape index (κ2) is 8.19. The lowest BCUT2D eigenvalue weighted by Crippen LogP contribution is -2.48. The van der Waals surface area contributed by atoms with Crippen molar-refractivity contribution >= 4 is 27.5 Å². The van der Waals surface area contributed by atoms with E-state index in [-0.39, 0.29) is 5.91 Å². The summed E-state index contributed by atoms with van der Waals surface area (Å²) < 4.78 is 1.20. The molecule has 0 unspecified atom stereocenters. The van der Waals surface area contributed by atoms with Crippen LogP contribution < -0.4 is 0 Å². The zero-order chi connectivity index (χ0) is 18.6. The highest BCUT2D eigenvalue weighted by molar-refractivity contribution is 7.18. The summed E-state index contributed by atoms with van der Waals surface area (Å²) >= 11 is 1.70. The van der Waals surface area contributed by atoms with Gasteiger partial charge in [-0.15, -0.1) is 11.3 Å². The molecule has 5 heteroatoms. The number of aromatic nitrogens is 1. The number of hydrogen-bond acceptors (Lipinski definition) is 4. The summed E-state index contributed by atoms with van der Waals surface area (Å²) in [5.41, 5.74) is 3.76. The van der Waals surface area contributed by atoms with E-state index in [1.807, 2.05) is 23.1 Å². The fourth-order valence-electron chi connectivity index (χ4n) is 3.58. The Morgan fingerprint density at radius 2 is 1.78 bits per heavy atom. The number of hydrogen-bond donors (Lipinski definition) is 0. The molecule has 0 N–H and O–H groups in total. The van der Waals surface area contributed by atoms with Gasteiger partial charge in [-0.2, -0.15) is 0 Å². The zero-order valence-corrected chi connectivity index (χ0v) is 16.5. The Morgan fingerprint density at radius 1 is 1.04 bits per heavy atom. The van der Waals surface area contributed by atoms with Crippen LogP contribution in [0, 0.1) is 6.92 Å². The summed E-state index contributed by atoms with van der Waals surface area (Å²) in [6, 6.07) is 16.7. The summed E-state index contributed by atoms with van der Waals surface area (Å²) in [5, 5.41) is 1.06. The zero-order valence-electron chi connectivity index (χ0n) is 15.7. The highest BCUT2D eigenvalue weighted by Gasteiger charge is 2.21. The first-order valence-electron chi connectivity index (χ1n) is 9.58. The molecule has 0 radical (unpaired) electrons. The molecule has 4 nitrogen and oxygen atoms in total. The maximum absolute atomic E-state index is 12.6. The second-order valence-electron chi connectivity index (χ2n) is 7.16. The number of rotatable bonds is 5. The second-order valence-corrected chi connectivity index (χ2v) is 8.27. The van der Waals surface area contributed by atoms with Crippen LogP contribution >= 0.6 is 11.3 Å². The van der Waals surface area contributed by atoms with Gasteiger partial charge >= 0.3 is 0 Å². The molecule has 0 atom stereocenters. The lowest BCUT2D eigenvalue weighted by Gasteiger charge is -2.35. The number of carbonyl (C=O) groups is 1. The molecule has 2 heterocycles. The Hall–Kier alpha value is -2.24. The van der Waals surface area contributed by atoms with Gasteiger partial charge in [0.05, 0.1) is 15.2 Å². The molecular weight excluding hydrogens is 354 g/mol. The molecule has 3 aromatic rings. The molecule has 1 amide bonds. The quantitative estimate of drug-likeness (QED) is 0.675. The van der Waals surface area contributed by atoms with E-state index in [1.165, 1.54) is 15.8 Å². The van der Waals surface area contributed by atoms with Crippen molar-refractivity contribution < 1.29 is 4.79 Å². The van der Waals surface area contributed by atoms with E-state index in [4.69, 9.17) is 0 Å². The monoisotopic (exact) mass is 379 g/mol. The van der Waals surface area contributed by atoms with Gasteiger partial charge in [0.2, 0.25) is 5.91 Å². The van der Waals surface area contributed by atoms with E-state index in [9.17, 15) is 4.79 Å². The molecule has 0 aliphatic carbocycles. The topological polar surface area (TPSA) is 36.4 Å². The van der Waals surface area contributed by atoms with Gasteiger partial charge in [-0.05, 0) is 30.2 Å². The van der Waals surface area contributed by atoms with Crippen LogP contribution in [-0.4, -0.2) is 46.9 Å². The Kier molecular flexibility index (Phi) is 5.50. The van der Waals surface area contributed by atoms with E-state index in [1.54, 1.807) is 11.3 Å². The molecule has 4 rings (SSSR count). The van der Waals surface area contributed by atoms with Crippen molar-refractivity contribution in [2.24, 2.45) is 0 Å². The first kappa shape index (κ1) is 18.1. The molecule has 1 aromatic heterocycles. The summed E-state index contributed by atoms with van der Waals surface area (Å²) in [6.07, 6.45) is 1.29. The molecule has 140 valence electrons. The van der Waals surface area contributed by atoms with E-state index < -0.39 is 0 Å². The predicted molar refractivity (Wildman–Crippen MR) is 111 cm³/mol. The molecule has 1 aliphatic rings.